The van der Waals surface area contributed by atoms with Crippen LogP contribution in [0.5, 0.6) is 5.75 Å². The lowest BCUT2D eigenvalue weighted by Gasteiger charge is -2.40. The highest BCUT2D eigenvalue weighted by Gasteiger charge is 2.35. The van der Waals surface area contributed by atoms with Gasteiger partial charge in [0.15, 0.2) is 6.10 Å². The molecule has 4 nitrogen and oxygen atoms in total. The van der Waals surface area contributed by atoms with Gasteiger partial charge in [0.05, 0.1) is 6.04 Å². The number of benzene rings is 3. The molecule has 2 aliphatic heterocycles. The number of nitrogens with zero attached hydrogens (tertiary/aromatic N) is 2. The zero-order valence-electron chi connectivity index (χ0n) is 17.0. The lowest BCUT2D eigenvalue weighted by Crippen LogP contribution is -2.53. The first kappa shape index (κ1) is 18.9. The number of para-hydroxylation sites is 1. The number of ether oxygens (including phenoxy) is 1. The topological polar surface area (TPSA) is 32.8 Å². The van der Waals surface area contributed by atoms with E-state index in [1.807, 2.05) is 29.2 Å². The number of amides is 1. The summed E-state index contributed by atoms with van der Waals surface area (Å²) >= 11 is 0. The molecule has 0 bridgehead atoms. The molecule has 4 heteroatoms. The van der Waals surface area contributed by atoms with E-state index in [2.05, 4.69) is 65.6 Å². The maximum absolute atomic E-state index is 13.1. The number of rotatable bonds is 4. The number of piperazine rings is 1. The SMILES string of the molecule is O=C([C@H]1Cc2ccccc2O1)N1CCN(C(c2ccccc2)c2ccccc2)CC1. The molecule has 3 aromatic rings. The predicted molar refractivity (Wildman–Crippen MR) is 117 cm³/mol. The molecule has 0 unspecified atom stereocenters. The van der Waals surface area contributed by atoms with Gasteiger partial charge in [0.1, 0.15) is 5.75 Å². The first-order chi connectivity index (χ1) is 14.8. The van der Waals surface area contributed by atoms with E-state index >= 15 is 0 Å². The molecule has 1 fully saturated rings. The standard InChI is InChI=1S/C26H26N2O2/c29-26(24-19-22-13-7-8-14-23(22)30-24)28-17-15-27(16-18-28)25(20-9-3-1-4-10-20)21-11-5-2-6-12-21/h1-14,24-25H,15-19H2/t24-/m1/s1. The van der Waals surface area contributed by atoms with Crippen LogP contribution in [-0.2, 0) is 11.2 Å². The molecule has 2 aliphatic rings. The summed E-state index contributed by atoms with van der Waals surface area (Å²) in [6, 6.07) is 29.4. The maximum atomic E-state index is 13.1. The Morgan fingerprint density at radius 3 is 1.93 bits per heavy atom. The Labute approximate surface area is 177 Å². The van der Waals surface area contributed by atoms with Crippen molar-refractivity contribution in [1.29, 1.82) is 0 Å². The van der Waals surface area contributed by atoms with Crippen molar-refractivity contribution < 1.29 is 9.53 Å². The van der Waals surface area contributed by atoms with Crippen LogP contribution in [-0.4, -0.2) is 48.0 Å². The Morgan fingerprint density at radius 2 is 1.33 bits per heavy atom. The Bertz CT molecular complexity index is 933. The monoisotopic (exact) mass is 398 g/mol. The Morgan fingerprint density at radius 1 is 0.767 bits per heavy atom. The summed E-state index contributed by atoms with van der Waals surface area (Å²) in [5.74, 6) is 0.963. The number of carbonyl (C=O) groups excluding carboxylic acids is 1. The quantitative estimate of drug-likeness (QED) is 0.668. The van der Waals surface area contributed by atoms with Crippen LogP contribution in [0.25, 0.3) is 0 Å². The van der Waals surface area contributed by atoms with E-state index in [1.165, 1.54) is 11.1 Å². The molecule has 0 N–H and O–H groups in total. The van der Waals surface area contributed by atoms with Gasteiger partial charge in [-0.25, -0.2) is 0 Å². The lowest BCUT2D eigenvalue weighted by molar-refractivity contribution is -0.139. The van der Waals surface area contributed by atoms with Gasteiger partial charge in [-0.2, -0.15) is 0 Å². The van der Waals surface area contributed by atoms with E-state index in [9.17, 15) is 4.79 Å². The first-order valence-corrected chi connectivity index (χ1v) is 10.7. The van der Waals surface area contributed by atoms with Crippen molar-refractivity contribution in [1.82, 2.24) is 9.80 Å². The summed E-state index contributed by atoms with van der Waals surface area (Å²) in [6.45, 7) is 3.15. The van der Waals surface area contributed by atoms with Crippen LogP contribution in [0.15, 0.2) is 84.9 Å². The fraction of sp³-hybridized carbons (Fsp3) is 0.269. The number of carbonyl (C=O) groups is 1. The maximum Gasteiger partial charge on any atom is 0.264 e. The second kappa shape index (κ2) is 8.33. The van der Waals surface area contributed by atoms with Crippen LogP contribution in [0.3, 0.4) is 0 Å². The molecule has 0 spiro atoms. The highest BCUT2D eigenvalue weighted by molar-refractivity contribution is 5.82. The van der Waals surface area contributed by atoms with Gasteiger partial charge in [-0.15, -0.1) is 0 Å². The van der Waals surface area contributed by atoms with Crippen molar-refractivity contribution in [2.24, 2.45) is 0 Å². The van der Waals surface area contributed by atoms with Gasteiger partial charge >= 0.3 is 0 Å². The minimum Gasteiger partial charge on any atom is -0.480 e. The highest BCUT2D eigenvalue weighted by Crippen LogP contribution is 2.31. The smallest absolute Gasteiger partial charge is 0.264 e. The zero-order valence-corrected chi connectivity index (χ0v) is 17.0. The van der Waals surface area contributed by atoms with E-state index in [4.69, 9.17) is 4.74 Å². The van der Waals surface area contributed by atoms with Gasteiger partial charge in [-0.1, -0.05) is 78.9 Å². The lowest BCUT2D eigenvalue weighted by atomic mass is 9.96. The van der Waals surface area contributed by atoms with Crippen molar-refractivity contribution in [3.05, 3.63) is 102 Å². The molecule has 0 radical (unpaired) electrons. The van der Waals surface area contributed by atoms with E-state index in [0.29, 0.717) is 6.42 Å². The van der Waals surface area contributed by atoms with Crippen LogP contribution in [0.2, 0.25) is 0 Å². The Kier molecular flexibility index (Phi) is 5.24. The molecular formula is C26H26N2O2. The average Bonchev–Trinajstić information content (AvgIpc) is 3.25. The molecule has 30 heavy (non-hydrogen) atoms. The van der Waals surface area contributed by atoms with Crippen LogP contribution < -0.4 is 4.74 Å². The van der Waals surface area contributed by atoms with Crippen molar-refractivity contribution >= 4 is 5.91 Å². The van der Waals surface area contributed by atoms with E-state index in [1.54, 1.807) is 0 Å². The van der Waals surface area contributed by atoms with Gasteiger partial charge < -0.3 is 9.64 Å². The van der Waals surface area contributed by atoms with Crippen LogP contribution in [0.4, 0.5) is 0 Å². The number of hydrogen-bond acceptors (Lipinski definition) is 3. The fourth-order valence-electron chi connectivity index (χ4n) is 4.61. The second-order valence-electron chi connectivity index (χ2n) is 8.00. The molecule has 0 aromatic heterocycles. The normalized spacial score (nSPS) is 18.8. The third kappa shape index (κ3) is 3.71. The second-order valence-corrected chi connectivity index (χ2v) is 8.00. The van der Waals surface area contributed by atoms with Crippen molar-refractivity contribution in [2.75, 3.05) is 26.2 Å². The van der Waals surface area contributed by atoms with Gasteiger partial charge in [0, 0.05) is 32.6 Å². The minimum absolute atomic E-state index is 0.113. The van der Waals surface area contributed by atoms with Gasteiger partial charge in [0.25, 0.3) is 5.91 Å². The van der Waals surface area contributed by atoms with Crippen LogP contribution in [0.1, 0.15) is 22.7 Å². The number of hydrogen-bond donors (Lipinski definition) is 0. The molecule has 5 rings (SSSR count). The molecule has 1 amide bonds. The van der Waals surface area contributed by atoms with E-state index in [-0.39, 0.29) is 18.1 Å². The molecular weight excluding hydrogens is 372 g/mol. The third-order valence-electron chi connectivity index (χ3n) is 6.14. The summed E-state index contributed by atoms with van der Waals surface area (Å²) in [4.78, 5) is 17.5. The van der Waals surface area contributed by atoms with Crippen LogP contribution in [0, 0.1) is 0 Å². The molecule has 1 atom stereocenters. The van der Waals surface area contributed by atoms with Crippen LogP contribution >= 0.6 is 0 Å². The summed E-state index contributed by atoms with van der Waals surface area (Å²) in [5, 5.41) is 0. The molecule has 152 valence electrons. The predicted octanol–water partition coefficient (Wildman–Crippen LogP) is 3.92. The van der Waals surface area contributed by atoms with E-state index < -0.39 is 0 Å². The molecule has 2 heterocycles. The highest BCUT2D eigenvalue weighted by atomic mass is 16.5. The van der Waals surface area contributed by atoms with E-state index in [0.717, 1.165) is 37.5 Å². The Hall–Kier alpha value is -3.11. The van der Waals surface area contributed by atoms with Gasteiger partial charge in [-0.05, 0) is 22.8 Å². The fourth-order valence-corrected chi connectivity index (χ4v) is 4.61. The first-order valence-electron chi connectivity index (χ1n) is 10.7. The number of fused-ring (bicyclic) bond motifs is 1. The van der Waals surface area contributed by atoms with Gasteiger partial charge in [-0.3, -0.25) is 9.69 Å². The summed E-state index contributed by atoms with van der Waals surface area (Å²) in [7, 11) is 0. The average molecular weight is 399 g/mol. The van der Waals surface area contributed by atoms with Crippen molar-refractivity contribution in [3.8, 4) is 5.75 Å². The molecule has 3 aromatic carbocycles. The summed E-state index contributed by atoms with van der Waals surface area (Å²) < 4.78 is 5.93. The third-order valence-corrected chi connectivity index (χ3v) is 6.14. The Balaban J connectivity index is 1.28. The largest absolute Gasteiger partial charge is 0.480 e. The van der Waals surface area contributed by atoms with Crippen molar-refractivity contribution in [2.45, 2.75) is 18.6 Å². The molecule has 0 saturated carbocycles. The molecule has 1 saturated heterocycles. The minimum atomic E-state index is -0.381. The summed E-state index contributed by atoms with van der Waals surface area (Å²) in [6.07, 6.45) is 0.291. The summed E-state index contributed by atoms with van der Waals surface area (Å²) in [5.41, 5.74) is 3.71. The zero-order chi connectivity index (χ0) is 20.3. The van der Waals surface area contributed by atoms with Crippen molar-refractivity contribution in [3.63, 3.8) is 0 Å². The van der Waals surface area contributed by atoms with Gasteiger partial charge in [0.2, 0.25) is 0 Å². The molecule has 0 aliphatic carbocycles.